The average molecular weight is 448 g/mol. The van der Waals surface area contributed by atoms with Gasteiger partial charge in [0, 0.05) is 13.1 Å². The van der Waals surface area contributed by atoms with Crippen molar-refractivity contribution in [2.24, 2.45) is 0 Å². The molecular formula is C24H34FN3O4. The van der Waals surface area contributed by atoms with Gasteiger partial charge in [0.2, 0.25) is 0 Å². The molecule has 4 rings (SSSR count). The molecule has 0 bridgehead atoms. The van der Waals surface area contributed by atoms with E-state index in [1.807, 2.05) is 13.0 Å². The summed E-state index contributed by atoms with van der Waals surface area (Å²) in [5.74, 6) is -0.223. The molecule has 1 aromatic rings. The van der Waals surface area contributed by atoms with Gasteiger partial charge in [0.25, 0.3) is 12.3 Å². The van der Waals surface area contributed by atoms with Crippen molar-refractivity contribution in [3.63, 3.8) is 0 Å². The van der Waals surface area contributed by atoms with Crippen LogP contribution in [0.5, 0.6) is 0 Å². The van der Waals surface area contributed by atoms with Crippen LogP contribution in [0.3, 0.4) is 0 Å². The lowest BCUT2D eigenvalue weighted by atomic mass is 9.80. The van der Waals surface area contributed by atoms with Crippen molar-refractivity contribution in [3.8, 4) is 0 Å². The number of piperidine rings is 1. The van der Waals surface area contributed by atoms with Crippen LogP contribution >= 0.6 is 0 Å². The zero-order valence-electron chi connectivity index (χ0n) is 18.7. The first-order valence-electron chi connectivity index (χ1n) is 11.8. The highest BCUT2D eigenvalue weighted by Gasteiger charge is 2.51. The van der Waals surface area contributed by atoms with Gasteiger partial charge in [-0.1, -0.05) is 30.3 Å². The van der Waals surface area contributed by atoms with Gasteiger partial charge in [-0.15, -0.1) is 0 Å². The van der Waals surface area contributed by atoms with Crippen LogP contribution in [-0.4, -0.2) is 67.2 Å². The fraction of sp³-hybridized carbons (Fsp3) is 0.667. The summed E-state index contributed by atoms with van der Waals surface area (Å²) in [6.45, 7) is 3.27. The second-order valence-electron chi connectivity index (χ2n) is 9.14. The zero-order chi connectivity index (χ0) is 22.6. The Morgan fingerprint density at radius 1 is 1.28 bits per heavy atom. The van der Waals surface area contributed by atoms with Crippen molar-refractivity contribution in [1.82, 2.24) is 15.5 Å². The molecular weight excluding hydrogens is 413 g/mol. The number of nitrogens with zero attached hydrogens (tertiary/aromatic N) is 1. The van der Waals surface area contributed by atoms with Crippen LogP contribution in [0.2, 0.25) is 0 Å². The highest BCUT2D eigenvalue weighted by Crippen LogP contribution is 2.36. The van der Waals surface area contributed by atoms with Gasteiger partial charge in [-0.05, 0) is 56.9 Å². The average Bonchev–Trinajstić information content (AvgIpc) is 2.82. The Balaban J connectivity index is 1.42. The molecule has 8 heteroatoms. The summed E-state index contributed by atoms with van der Waals surface area (Å²) in [5, 5.41) is 5.69. The highest BCUT2D eigenvalue weighted by atomic mass is 19.1. The van der Waals surface area contributed by atoms with E-state index >= 15 is 0 Å². The van der Waals surface area contributed by atoms with Gasteiger partial charge in [0.1, 0.15) is 0 Å². The maximum atomic E-state index is 13.7. The summed E-state index contributed by atoms with van der Waals surface area (Å²) < 4.78 is 25.2. The topological polar surface area (TPSA) is 79.9 Å². The minimum Gasteiger partial charge on any atom is -0.376 e. The number of carbonyl (C=O) groups is 2. The van der Waals surface area contributed by atoms with Gasteiger partial charge in [0.15, 0.2) is 0 Å². The summed E-state index contributed by atoms with van der Waals surface area (Å²) >= 11 is 0. The van der Waals surface area contributed by atoms with E-state index in [1.165, 1.54) is 5.56 Å². The number of urea groups is 1. The number of morpholine rings is 1. The van der Waals surface area contributed by atoms with Crippen LogP contribution in [-0.2, 0) is 14.3 Å². The van der Waals surface area contributed by atoms with E-state index in [1.54, 1.807) is 4.90 Å². The predicted molar refractivity (Wildman–Crippen MR) is 118 cm³/mol. The molecule has 1 saturated carbocycles. The van der Waals surface area contributed by atoms with E-state index in [9.17, 15) is 14.0 Å². The Morgan fingerprint density at radius 2 is 2.03 bits per heavy atom. The van der Waals surface area contributed by atoms with Crippen molar-refractivity contribution in [3.05, 3.63) is 35.9 Å². The third-order valence-corrected chi connectivity index (χ3v) is 7.13. The molecule has 3 fully saturated rings. The number of nitrogens with one attached hydrogen (secondary N) is 2. The number of benzene rings is 1. The molecule has 3 unspecified atom stereocenters. The van der Waals surface area contributed by atoms with Crippen LogP contribution < -0.4 is 10.6 Å². The molecule has 1 aliphatic carbocycles. The molecule has 2 heterocycles. The fourth-order valence-corrected chi connectivity index (χ4v) is 5.40. The van der Waals surface area contributed by atoms with Crippen molar-refractivity contribution in [1.29, 1.82) is 0 Å². The van der Waals surface area contributed by atoms with Gasteiger partial charge in [-0.2, -0.15) is 0 Å². The van der Waals surface area contributed by atoms with Gasteiger partial charge in [-0.3, -0.25) is 4.79 Å². The van der Waals surface area contributed by atoms with E-state index < -0.39 is 23.8 Å². The summed E-state index contributed by atoms with van der Waals surface area (Å²) in [6.07, 6.45) is 3.51. The number of rotatable bonds is 5. The molecule has 3 aliphatic rings. The monoisotopic (exact) mass is 447 g/mol. The minimum atomic E-state index is -1.96. The summed E-state index contributed by atoms with van der Waals surface area (Å²) in [7, 11) is 0. The number of carbonyl (C=O) groups excluding carboxylic acids is 2. The Kier molecular flexibility index (Phi) is 7.30. The third kappa shape index (κ3) is 4.91. The second-order valence-corrected chi connectivity index (χ2v) is 9.14. The lowest BCUT2D eigenvalue weighted by Gasteiger charge is -2.51. The molecule has 2 saturated heterocycles. The number of amides is 3. The van der Waals surface area contributed by atoms with E-state index in [0.29, 0.717) is 38.5 Å². The van der Waals surface area contributed by atoms with Gasteiger partial charge in [0.05, 0.1) is 30.9 Å². The van der Waals surface area contributed by atoms with Crippen LogP contribution in [0.4, 0.5) is 9.18 Å². The van der Waals surface area contributed by atoms with Crippen molar-refractivity contribution < 1.29 is 23.5 Å². The predicted octanol–water partition coefficient (Wildman–Crippen LogP) is 3.10. The lowest BCUT2D eigenvalue weighted by Crippen LogP contribution is -2.73. The number of alkyl halides is 1. The van der Waals surface area contributed by atoms with Crippen LogP contribution in [0.25, 0.3) is 0 Å². The van der Waals surface area contributed by atoms with E-state index in [2.05, 4.69) is 34.9 Å². The molecule has 176 valence electrons. The van der Waals surface area contributed by atoms with Crippen molar-refractivity contribution in [2.45, 2.75) is 75.4 Å². The van der Waals surface area contributed by atoms with Crippen molar-refractivity contribution >= 4 is 11.9 Å². The van der Waals surface area contributed by atoms with E-state index in [0.717, 1.165) is 25.7 Å². The maximum absolute atomic E-state index is 13.7. The molecule has 1 aromatic carbocycles. The SMILES string of the molecule is CCNC(=O)N1CCCC2(COC(F)C(=O)N2)C1COC1CCC(c2ccccc2)CC1. The smallest absolute Gasteiger partial charge is 0.317 e. The third-order valence-electron chi connectivity index (χ3n) is 7.13. The molecule has 0 radical (unpaired) electrons. The first-order valence-corrected chi connectivity index (χ1v) is 11.8. The Bertz CT molecular complexity index is 787. The molecule has 0 aromatic heterocycles. The Labute approximate surface area is 189 Å². The lowest BCUT2D eigenvalue weighted by molar-refractivity contribution is -0.172. The van der Waals surface area contributed by atoms with Gasteiger partial charge < -0.3 is 25.0 Å². The van der Waals surface area contributed by atoms with Gasteiger partial charge >= 0.3 is 6.03 Å². The summed E-state index contributed by atoms with van der Waals surface area (Å²) in [6, 6.07) is 9.98. The van der Waals surface area contributed by atoms with E-state index in [4.69, 9.17) is 9.47 Å². The summed E-state index contributed by atoms with van der Waals surface area (Å²) in [5.41, 5.74) is 0.548. The quantitative estimate of drug-likeness (QED) is 0.727. The molecule has 2 aliphatic heterocycles. The number of hydrogen-bond acceptors (Lipinski definition) is 4. The van der Waals surface area contributed by atoms with Gasteiger partial charge in [-0.25, -0.2) is 9.18 Å². The molecule has 32 heavy (non-hydrogen) atoms. The molecule has 1 spiro atoms. The second kappa shape index (κ2) is 10.2. The number of hydrogen-bond donors (Lipinski definition) is 2. The van der Waals surface area contributed by atoms with E-state index in [-0.39, 0.29) is 18.7 Å². The van der Waals surface area contributed by atoms with Crippen molar-refractivity contribution in [2.75, 3.05) is 26.3 Å². The number of halogens is 1. The number of likely N-dealkylation sites (tertiary alicyclic amines) is 1. The van der Waals surface area contributed by atoms with Crippen LogP contribution in [0.15, 0.2) is 30.3 Å². The largest absolute Gasteiger partial charge is 0.376 e. The molecule has 7 nitrogen and oxygen atoms in total. The standard InChI is InChI=1S/C24H34FN3O4/c1-2-26-23(30)28-14-6-13-24(16-32-21(25)22(29)27-24)20(28)15-31-19-11-9-18(10-12-19)17-7-4-3-5-8-17/h3-5,7-8,18-21H,2,6,9-16H2,1H3,(H,26,30)(H,27,29). The van der Waals surface area contributed by atoms with Crippen LogP contribution in [0, 0.1) is 0 Å². The first kappa shape index (κ1) is 23.0. The molecule has 3 atom stereocenters. The van der Waals surface area contributed by atoms with Crippen LogP contribution in [0.1, 0.15) is 56.9 Å². The maximum Gasteiger partial charge on any atom is 0.317 e. The molecule has 2 N–H and O–H groups in total. The Hall–Kier alpha value is -2.19. The zero-order valence-corrected chi connectivity index (χ0v) is 18.7. The normalized spacial score (nSPS) is 33.1. The molecule has 3 amide bonds. The number of ether oxygens (including phenoxy) is 2. The first-order chi connectivity index (χ1) is 15.5. The minimum absolute atomic E-state index is 0.0323. The fourth-order valence-electron chi connectivity index (χ4n) is 5.40. The highest BCUT2D eigenvalue weighted by molar-refractivity contribution is 5.81. The summed E-state index contributed by atoms with van der Waals surface area (Å²) in [4.78, 5) is 26.6. The Morgan fingerprint density at radius 3 is 2.72 bits per heavy atom.